The van der Waals surface area contributed by atoms with Crippen molar-refractivity contribution in [2.24, 2.45) is 23.5 Å². The zero-order valence-electron chi connectivity index (χ0n) is 54.1. The van der Waals surface area contributed by atoms with Crippen molar-refractivity contribution in [2.75, 3.05) is 55.7 Å². The quantitative estimate of drug-likeness (QED) is 0.0118. The summed E-state index contributed by atoms with van der Waals surface area (Å²) in [7, 11) is 5.26. The lowest BCUT2D eigenvalue weighted by Crippen LogP contribution is -2.63. The normalized spacial score (nSPS) is 24.1. The number of methoxy groups -OCH3 is 2. The molecule has 3 heterocycles. The number of alkyl halides is 5. The number of aliphatic hydroxyl groups is 1. The number of likely N-dealkylation sites (N-methyl/N-ethyl adjacent to an activating group) is 1. The molecule has 2 saturated heterocycles. The van der Waals surface area contributed by atoms with Crippen LogP contribution < -0.4 is 42.0 Å². The minimum absolute atomic E-state index is 0.0458. The zero-order chi connectivity index (χ0) is 69.7. The van der Waals surface area contributed by atoms with E-state index < -0.39 is 160 Å². The number of nitrogens with two attached hydrogens (primary N) is 1. The number of amides is 7. The Kier molecular flexibility index (Phi) is 27.7. The van der Waals surface area contributed by atoms with Gasteiger partial charge in [-0.15, -0.1) is 0 Å². The van der Waals surface area contributed by atoms with Crippen molar-refractivity contribution in [1.82, 2.24) is 26.2 Å². The number of allylic oxidation sites excluding steroid dienone is 3. The maximum Gasteiger partial charge on any atom is 0.417 e. The van der Waals surface area contributed by atoms with Crippen LogP contribution in [-0.2, 0) is 65.0 Å². The monoisotopic (exact) mass is 1460 g/mol. The van der Waals surface area contributed by atoms with Crippen LogP contribution in [0.4, 0.5) is 34.1 Å². The molecule has 93 heavy (non-hydrogen) atoms. The Hall–Kier alpha value is -6.37. The second-order valence-electron chi connectivity index (χ2n) is 24.8. The number of nitrogens with one attached hydrogen (secondary N) is 5. The predicted molar refractivity (Wildman–Crippen MR) is 346 cm³/mol. The molecule has 3 aliphatic rings. The third-order valence-electron chi connectivity index (χ3n) is 16.8. The van der Waals surface area contributed by atoms with Crippen LogP contribution in [0.2, 0.25) is 5.02 Å². The first-order valence-electron chi connectivity index (χ1n) is 30.3. The van der Waals surface area contributed by atoms with Crippen molar-refractivity contribution in [1.29, 1.82) is 0 Å². The second-order valence-corrected chi connectivity index (χ2v) is 26.4. The maximum atomic E-state index is 15.2. The van der Waals surface area contributed by atoms with Crippen molar-refractivity contribution in [3.8, 4) is 5.75 Å². The number of benzene rings is 2. The number of aldehydes is 1. The number of fused-ring (bicyclic) bond motifs is 5. The molecule has 2 aromatic rings. The molecule has 7 amide bonds. The largest absolute Gasteiger partial charge is 0.495 e. The van der Waals surface area contributed by atoms with Gasteiger partial charge < -0.3 is 69.8 Å². The van der Waals surface area contributed by atoms with Crippen LogP contribution >= 0.6 is 43.5 Å². The van der Waals surface area contributed by atoms with Crippen molar-refractivity contribution in [3.05, 3.63) is 75.8 Å². The van der Waals surface area contributed by atoms with Crippen molar-refractivity contribution >= 4 is 109 Å². The highest BCUT2D eigenvalue weighted by atomic mass is 79.9. The van der Waals surface area contributed by atoms with E-state index in [1.54, 1.807) is 71.9 Å². The van der Waals surface area contributed by atoms with Gasteiger partial charge in [0.15, 0.2) is 5.72 Å². The number of urea groups is 1. The van der Waals surface area contributed by atoms with E-state index in [1.807, 2.05) is 6.92 Å². The van der Waals surface area contributed by atoms with Gasteiger partial charge in [-0.2, -0.15) is 13.2 Å². The fourth-order valence-electron chi connectivity index (χ4n) is 11.0. The molecule has 0 spiro atoms. The smallest absolute Gasteiger partial charge is 0.417 e. The van der Waals surface area contributed by atoms with E-state index in [-0.39, 0.29) is 48.7 Å². The summed E-state index contributed by atoms with van der Waals surface area (Å²) < 4.78 is 80.5. The number of anilines is 2. The SMILES string of the molecule is COc1cc2cc(c1Cl)N(C)C(=O)C[C@H](OC(=O)[C@H](C)N(C)C(=O)c1ccc(NC(=O)[C@H](CCCNC(N)=O)NC(=O)[C@@H](NC(C=O)CCCC(C)(C)OC(=O)C(CBr)CBr)C(C)C)cc1C(F)(F)F)[C@]1(C)O[C@H]1[C@H](C)[C@@H]1C[C@@](O)(NC(=O)O1)[C@H](OC)/C=C/C=C(\C)C2. The fourth-order valence-corrected chi connectivity index (χ4v) is 12.9. The van der Waals surface area contributed by atoms with E-state index in [0.717, 1.165) is 24.8 Å². The Morgan fingerprint density at radius 2 is 1.70 bits per heavy atom. The lowest BCUT2D eigenvalue weighted by Gasteiger charge is -2.42. The highest BCUT2D eigenvalue weighted by Crippen LogP contribution is 2.49. The zero-order valence-corrected chi connectivity index (χ0v) is 58.1. The Morgan fingerprint density at radius 1 is 1.02 bits per heavy atom. The molecule has 2 fully saturated rings. The number of esters is 2. The molecule has 0 saturated carbocycles. The Bertz CT molecular complexity index is 3120. The van der Waals surface area contributed by atoms with Gasteiger partial charge in [-0.25, -0.2) is 14.4 Å². The lowest BCUT2D eigenvalue weighted by molar-refractivity contribution is -0.161. The Balaban J connectivity index is 1.39. The second kappa shape index (κ2) is 33.3. The van der Waals surface area contributed by atoms with Gasteiger partial charge in [0.25, 0.3) is 5.91 Å². The Labute approximate surface area is 561 Å². The summed E-state index contributed by atoms with van der Waals surface area (Å²) >= 11 is 13.4. The van der Waals surface area contributed by atoms with E-state index in [2.05, 4.69) is 58.4 Å². The third-order valence-corrected chi connectivity index (χ3v) is 18.7. The molecule has 2 aromatic carbocycles. The van der Waals surface area contributed by atoms with E-state index in [4.69, 9.17) is 45.8 Å². The molecule has 5 rings (SSSR count). The van der Waals surface area contributed by atoms with Crippen molar-refractivity contribution in [3.63, 3.8) is 0 Å². The predicted octanol–water partition coefficient (Wildman–Crippen LogP) is 7.80. The van der Waals surface area contributed by atoms with E-state index >= 15 is 13.2 Å². The standard InChI is InChI=1S/C63H86Br2ClF3N8O16/c1-33(2)51(72-40(32-78)17-14-22-60(6,7)93-57(84)38(30-64)31-65)54(81)74-43(18-15-23-71-58(70)85)53(80)73-39-20-21-41(42(27-39)63(67,68)69)55(82)76(9)36(5)56(83)91-48-28-49(79)77(10)44-25-37(26-45(88-11)50(44)66)24-34(3)16-13-19-47(89-12)62(87)29-46(90-59(86)75-62)35(4)52-61(48,8)92-52/h13,16,19-21,25-27,32-33,35-36,38,40,43,46-48,51-52,72,87H,14-15,17-18,22-24,28-31H2,1-12H3,(H,73,80)(H,74,81)(H,75,86)(H3,70,71,85)/b19-13+,34-16+/t35-,36+,40?,43+,46+,47-,48+,51+,52+,61+,62+/m1/s1. The number of halogens is 6. The molecule has 8 N–H and O–H groups in total. The van der Waals surface area contributed by atoms with Crippen LogP contribution in [0.15, 0.2) is 54.1 Å². The third kappa shape index (κ3) is 20.6. The minimum Gasteiger partial charge on any atom is -0.495 e. The van der Waals surface area contributed by atoms with Crippen LogP contribution in [0.3, 0.4) is 0 Å². The first-order chi connectivity index (χ1) is 43.5. The highest BCUT2D eigenvalue weighted by Gasteiger charge is 2.64. The molecule has 0 radical (unpaired) electrons. The van der Waals surface area contributed by atoms with Crippen LogP contribution in [0.25, 0.3) is 0 Å². The summed E-state index contributed by atoms with van der Waals surface area (Å²) in [4.78, 5) is 123. The highest BCUT2D eigenvalue weighted by molar-refractivity contribution is 9.09. The Morgan fingerprint density at radius 3 is 2.30 bits per heavy atom. The van der Waals surface area contributed by atoms with E-state index in [1.165, 1.54) is 33.1 Å². The van der Waals surface area contributed by atoms with Gasteiger partial charge in [-0.05, 0) is 115 Å². The molecular formula is C63H86Br2ClF3N8O16. The number of hydrogen-bond donors (Lipinski definition) is 7. The van der Waals surface area contributed by atoms with Gasteiger partial charge in [0, 0.05) is 56.4 Å². The molecule has 516 valence electrons. The lowest BCUT2D eigenvalue weighted by atomic mass is 9.83. The van der Waals surface area contributed by atoms with E-state index in [9.17, 15) is 48.3 Å². The molecule has 24 nitrogen and oxygen atoms in total. The number of rotatable bonds is 26. The van der Waals surface area contributed by atoms with Gasteiger partial charge in [0.2, 0.25) is 17.7 Å². The van der Waals surface area contributed by atoms with Gasteiger partial charge >= 0.3 is 30.2 Å². The fraction of sp³-hybridized carbons (Fsp3) is 0.603. The van der Waals surface area contributed by atoms with Crippen molar-refractivity contribution < 1.29 is 89.8 Å². The number of epoxide rings is 1. The molecule has 30 heteroatoms. The summed E-state index contributed by atoms with van der Waals surface area (Å²) in [6.07, 6.45) is -4.73. The number of primary amides is 1. The summed E-state index contributed by atoms with van der Waals surface area (Å²) in [5.74, 6) is -6.68. The number of carbonyl (C=O) groups excluding carboxylic acids is 9. The molecule has 1 unspecified atom stereocenters. The number of carbonyl (C=O) groups is 9. The summed E-state index contributed by atoms with van der Waals surface area (Å²) in [5, 5.41) is 25.7. The van der Waals surface area contributed by atoms with Gasteiger partial charge in [0.05, 0.1) is 54.5 Å². The first kappa shape index (κ1) is 77.3. The average molecular weight is 1460 g/mol. The summed E-state index contributed by atoms with van der Waals surface area (Å²) in [5.41, 5.74) is -0.378. The van der Waals surface area contributed by atoms with Gasteiger partial charge in [-0.1, -0.05) is 88.0 Å². The number of nitrogens with zero attached hydrogens (tertiary/aromatic N) is 2. The van der Waals surface area contributed by atoms with Crippen molar-refractivity contribution in [2.45, 2.75) is 178 Å². The first-order valence-corrected chi connectivity index (χ1v) is 32.9. The molecule has 0 aliphatic carbocycles. The van der Waals surface area contributed by atoms with Gasteiger partial charge in [-0.3, -0.25) is 34.6 Å². The van der Waals surface area contributed by atoms with Gasteiger partial charge in [0.1, 0.15) is 58.7 Å². The topological polar surface area (TPSA) is 325 Å². The molecule has 11 atom stereocenters. The number of ether oxygens (including phenoxy) is 6. The minimum atomic E-state index is -5.25. The number of alkyl carbamates (subject to hydrolysis) is 1. The molecule has 3 aliphatic heterocycles. The average Bonchev–Trinajstić information content (AvgIpc) is 1.58. The number of hydrogen-bond acceptors (Lipinski definition) is 17. The van der Waals surface area contributed by atoms with Crippen LogP contribution in [-0.4, -0.2) is 175 Å². The molecule has 0 aromatic heterocycles. The molecule has 4 bridgehead atoms. The summed E-state index contributed by atoms with van der Waals surface area (Å²) in [6.45, 7) is 13.1. The molecular weight excluding hydrogens is 1380 g/mol. The summed E-state index contributed by atoms with van der Waals surface area (Å²) in [6, 6.07) is -0.234. The van der Waals surface area contributed by atoms with Crippen LogP contribution in [0.1, 0.15) is 122 Å². The van der Waals surface area contributed by atoms with Crippen LogP contribution in [0, 0.1) is 17.8 Å². The van der Waals surface area contributed by atoms with E-state index in [0.29, 0.717) is 52.7 Å². The maximum absolute atomic E-state index is 15.2. The van der Waals surface area contributed by atoms with Crippen LogP contribution in [0.5, 0.6) is 5.75 Å².